The second-order valence-electron chi connectivity index (χ2n) is 6.41. The molecule has 0 spiro atoms. The van der Waals surface area contributed by atoms with E-state index in [0.29, 0.717) is 31.5 Å². The summed E-state index contributed by atoms with van der Waals surface area (Å²) in [4.78, 5) is 49.0. The van der Waals surface area contributed by atoms with Crippen LogP contribution in [0, 0.1) is 23.0 Å². The number of carbonyl (C=O) groups excluding carboxylic acids is 2. The van der Waals surface area contributed by atoms with Gasteiger partial charge in [-0.1, -0.05) is 6.07 Å². The zero-order chi connectivity index (χ0) is 19.4. The Morgan fingerprint density at radius 1 is 1.31 bits per heavy atom. The van der Waals surface area contributed by atoms with Crippen molar-refractivity contribution in [3.8, 4) is 0 Å². The van der Waals surface area contributed by atoms with E-state index in [2.05, 4.69) is 0 Å². The zero-order valence-electron chi connectivity index (χ0n) is 14.7. The molecule has 140 valence electrons. The van der Waals surface area contributed by atoms with E-state index in [1.807, 2.05) is 0 Å². The van der Waals surface area contributed by atoms with Gasteiger partial charge in [-0.15, -0.1) is 0 Å². The monoisotopic (exact) mass is 363 g/mol. The Bertz CT molecular complexity index is 740. The van der Waals surface area contributed by atoms with E-state index in [1.54, 1.807) is 11.8 Å². The van der Waals surface area contributed by atoms with Crippen molar-refractivity contribution in [2.24, 2.45) is 5.92 Å². The van der Waals surface area contributed by atoms with E-state index in [-0.39, 0.29) is 23.7 Å². The Hall–Kier alpha value is -2.97. The first-order valence-corrected chi connectivity index (χ1v) is 8.21. The van der Waals surface area contributed by atoms with Gasteiger partial charge in [0.2, 0.25) is 5.91 Å². The van der Waals surface area contributed by atoms with Crippen LogP contribution in [0.2, 0.25) is 0 Å². The molecule has 2 rings (SSSR count). The van der Waals surface area contributed by atoms with Crippen molar-refractivity contribution >= 4 is 23.5 Å². The van der Waals surface area contributed by atoms with Crippen molar-refractivity contribution in [1.82, 2.24) is 9.80 Å². The smallest absolute Gasteiger partial charge is 0.306 e. The highest BCUT2D eigenvalue weighted by Gasteiger charge is 2.28. The summed E-state index contributed by atoms with van der Waals surface area (Å²) in [5, 5.41) is 19.9. The first-order chi connectivity index (χ1) is 12.2. The third-order valence-corrected chi connectivity index (χ3v) is 4.58. The standard InChI is InChI=1S/C17H21N3O6/c1-11-3-4-13(20(25)26)9-14(11)16(22)18(2)10-15(21)19-7-5-12(6-8-19)17(23)24/h3-4,9,12H,5-8,10H2,1-2H3,(H,23,24). The lowest BCUT2D eigenvalue weighted by molar-refractivity contribution is -0.384. The number of carboxylic acid groups (broad SMARTS) is 1. The van der Waals surface area contributed by atoms with Crippen molar-refractivity contribution in [2.75, 3.05) is 26.7 Å². The van der Waals surface area contributed by atoms with Crippen LogP contribution in [0.15, 0.2) is 18.2 Å². The maximum atomic E-state index is 12.6. The van der Waals surface area contributed by atoms with Gasteiger partial charge in [0.25, 0.3) is 11.6 Å². The van der Waals surface area contributed by atoms with Gasteiger partial charge in [-0.2, -0.15) is 0 Å². The molecule has 1 saturated heterocycles. The Balaban J connectivity index is 2.01. The summed E-state index contributed by atoms with van der Waals surface area (Å²) in [5.74, 6) is -2.04. The van der Waals surface area contributed by atoms with Crippen LogP contribution in [0.4, 0.5) is 5.69 Å². The number of hydrogen-bond donors (Lipinski definition) is 1. The number of nitro groups is 1. The third-order valence-electron chi connectivity index (χ3n) is 4.58. The van der Waals surface area contributed by atoms with Crippen LogP contribution in [-0.2, 0) is 9.59 Å². The molecule has 0 aliphatic carbocycles. The van der Waals surface area contributed by atoms with Crippen molar-refractivity contribution < 1.29 is 24.4 Å². The van der Waals surface area contributed by atoms with E-state index in [4.69, 9.17) is 5.11 Å². The molecule has 1 aromatic rings. The highest BCUT2D eigenvalue weighted by molar-refractivity contribution is 5.98. The second-order valence-corrected chi connectivity index (χ2v) is 6.41. The first-order valence-electron chi connectivity index (χ1n) is 8.21. The summed E-state index contributed by atoms with van der Waals surface area (Å²) in [6.45, 7) is 2.18. The van der Waals surface area contributed by atoms with Crippen LogP contribution in [0.3, 0.4) is 0 Å². The van der Waals surface area contributed by atoms with Crippen molar-refractivity contribution in [3.05, 3.63) is 39.4 Å². The fourth-order valence-electron chi connectivity index (χ4n) is 2.91. The molecular formula is C17H21N3O6. The molecule has 0 bridgehead atoms. The predicted molar refractivity (Wildman–Crippen MR) is 91.7 cm³/mol. The summed E-state index contributed by atoms with van der Waals surface area (Å²) >= 11 is 0. The zero-order valence-corrected chi connectivity index (χ0v) is 14.7. The highest BCUT2D eigenvalue weighted by atomic mass is 16.6. The topological polar surface area (TPSA) is 121 Å². The van der Waals surface area contributed by atoms with E-state index < -0.39 is 22.7 Å². The van der Waals surface area contributed by atoms with Crippen molar-refractivity contribution in [3.63, 3.8) is 0 Å². The van der Waals surface area contributed by atoms with E-state index in [9.17, 15) is 24.5 Å². The number of aliphatic carboxylic acids is 1. The van der Waals surface area contributed by atoms with Crippen LogP contribution in [0.25, 0.3) is 0 Å². The lowest BCUT2D eigenvalue weighted by Crippen LogP contribution is -2.45. The molecule has 1 aromatic carbocycles. The number of hydrogen-bond acceptors (Lipinski definition) is 5. The number of likely N-dealkylation sites (N-methyl/N-ethyl adjacent to an activating group) is 1. The van der Waals surface area contributed by atoms with Gasteiger partial charge in [-0.05, 0) is 25.3 Å². The van der Waals surface area contributed by atoms with Crippen LogP contribution >= 0.6 is 0 Å². The molecule has 1 heterocycles. The molecular weight excluding hydrogens is 342 g/mol. The predicted octanol–water partition coefficient (Wildman–Crippen LogP) is 1.30. The summed E-state index contributed by atoms with van der Waals surface area (Å²) in [7, 11) is 1.46. The summed E-state index contributed by atoms with van der Waals surface area (Å²) in [6.07, 6.45) is 0.783. The Labute approximate surface area is 150 Å². The molecule has 1 fully saturated rings. The maximum Gasteiger partial charge on any atom is 0.306 e. The highest BCUT2D eigenvalue weighted by Crippen LogP contribution is 2.20. The fourth-order valence-corrected chi connectivity index (χ4v) is 2.91. The van der Waals surface area contributed by atoms with Gasteiger partial charge in [-0.3, -0.25) is 24.5 Å². The molecule has 1 N–H and O–H groups in total. The van der Waals surface area contributed by atoms with Crippen molar-refractivity contribution in [1.29, 1.82) is 0 Å². The largest absolute Gasteiger partial charge is 0.481 e. The molecule has 0 radical (unpaired) electrons. The molecule has 0 atom stereocenters. The number of rotatable bonds is 5. The summed E-state index contributed by atoms with van der Waals surface area (Å²) in [5.41, 5.74) is 0.579. The minimum atomic E-state index is -0.856. The normalized spacial score (nSPS) is 14.8. The number of benzene rings is 1. The van der Waals surface area contributed by atoms with Crippen LogP contribution < -0.4 is 0 Å². The van der Waals surface area contributed by atoms with E-state index in [0.717, 1.165) is 0 Å². The lowest BCUT2D eigenvalue weighted by atomic mass is 9.97. The Morgan fingerprint density at radius 3 is 2.46 bits per heavy atom. The Kier molecular flexibility index (Phi) is 5.91. The SMILES string of the molecule is Cc1ccc([N+](=O)[O-])cc1C(=O)N(C)CC(=O)N1CCC(C(=O)O)CC1. The number of amides is 2. The molecule has 0 unspecified atom stereocenters. The number of nitro benzene ring substituents is 1. The molecule has 0 saturated carbocycles. The van der Waals surface area contributed by atoms with Gasteiger partial charge in [0.15, 0.2) is 0 Å². The molecule has 2 amide bonds. The van der Waals surface area contributed by atoms with Gasteiger partial charge in [0.1, 0.15) is 0 Å². The summed E-state index contributed by atoms with van der Waals surface area (Å²) < 4.78 is 0. The van der Waals surface area contributed by atoms with Gasteiger partial charge in [0.05, 0.1) is 17.4 Å². The number of non-ortho nitro benzene ring substituents is 1. The maximum absolute atomic E-state index is 12.6. The van der Waals surface area contributed by atoms with Gasteiger partial charge in [-0.25, -0.2) is 0 Å². The number of aryl methyl sites for hydroxylation is 1. The number of piperidine rings is 1. The van der Waals surface area contributed by atoms with Gasteiger partial charge < -0.3 is 14.9 Å². The molecule has 9 nitrogen and oxygen atoms in total. The number of carboxylic acids is 1. The first kappa shape index (κ1) is 19.4. The minimum absolute atomic E-state index is 0.168. The van der Waals surface area contributed by atoms with Crippen LogP contribution in [0.1, 0.15) is 28.8 Å². The lowest BCUT2D eigenvalue weighted by Gasteiger charge is -2.31. The molecule has 1 aliphatic heterocycles. The third kappa shape index (κ3) is 4.35. The number of likely N-dealkylation sites (tertiary alicyclic amines) is 1. The Morgan fingerprint density at radius 2 is 1.92 bits per heavy atom. The average molecular weight is 363 g/mol. The number of nitrogens with zero attached hydrogens (tertiary/aromatic N) is 3. The van der Waals surface area contributed by atoms with E-state index in [1.165, 1.54) is 30.1 Å². The average Bonchev–Trinajstić information content (AvgIpc) is 2.61. The second kappa shape index (κ2) is 7.94. The van der Waals surface area contributed by atoms with E-state index >= 15 is 0 Å². The molecule has 1 aliphatic rings. The molecule has 9 heteroatoms. The van der Waals surface area contributed by atoms with Gasteiger partial charge in [0, 0.05) is 37.8 Å². The van der Waals surface area contributed by atoms with Crippen LogP contribution in [-0.4, -0.2) is 64.3 Å². The van der Waals surface area contributed by atoms with Crippen LogP contribution in [0.5, 0.6) is 0 Å². The fraction of sp³-hybridized carbons (Fsp3) is 0.471. The minimum Gasteiger partial charge on any atom is -0.481 e. The molecule has 0 aromatic heterocycles. The molecule has 26 heavy (non-hydrogen) atoms. The number of carbonyl (C=O) groups is 3. The summed E-state index contributed by atoms with van der Waals surface area (Å²) in [6, 6.07) is 4.03. The van der Waals surface area contributed by atoms with Gasteiger partial charge >= 0.3 is 5.97 Å². The van der Waals surface area contributed by atoms with Crippen molar-refractivity contribution in [2.45, 2.75) is 19.8 Å². The quantitative estimate of drug-likeness (QED) is 0.622.